The smallest absolute Gasteiger partial charge is 0.223 e. The number of rotatable bonds is 3. The van der Waals surface area contributed by atoms with Crippen LogP contribution in [0.3, 0.4) is 0 Å². The first-order chi connectivity index (χ1) is 8.30. The van der Waals surface area contributed by atoms with Crippen molar-refractivity contribution in [3.63, 3.8) is 0 Å². The van der Waals surface area contributed by atoms with Crippen molar-refractivity contribution in [3.8, 4) is 0 Å². The lowest BCUT2D eigenvalue weighted by Gasteiger charge is -2.20. The molecule has 0 saturated heterocycles. The molecular formula is C15H19NO. The van der Waals surface area contributed by atoms with E-state index in [0.29, 0.717) is 0 Å². The van der Waals surface area contributed by atoms with Gasteiger partial charge in [-0.2, -0.15) is 0 Å². The Morgan fingerprint density at radius 2 is 1.76 bits per heavy atom. The quantitative estimate of drug-likeness (QED) is 0.848. The fraction of sp³-hybridized carbons (Fsp3) is 0.533. The summed E-state index contributed by atoms with van der Waals surface area (Å²) in [6, 6.07) is 10.4. The van der Waals surface area contributed by atoms with E-state index in [4.69, 9.17) is 0 Å². The highest BCUT2D eigenvalue weighted by molar-refractivity contribution is 5.80. The van der Waals surface area contributed by atoms with E-state index in [-0.39, 0.29) is 17.4 Å². The molecule has 2 nitrogen and oxygen atoms in total. The maximum Gasteiger partial charge on any atom is 0.223 e. The minimum atomic E-state index is -0.0269. The van der Waals surface area contributed by atoms with Crippen molar-refractivity contribution in [1.29, 1.82) is 0 Å². The van der Waals surface area contributed by atoms with E-state index >= 15 is 0 Å². The van der Waals surface area contributed by atoms with Crippen molar-refractivity contribution < 1.29 is 4.79 Å². The third-order valence-electron chi connectivity index (χ3n) is 4.16. The molecule has 0 unspecified atom stereocenters. The predicted molar refractivity (Wildman–Crippen MR) is 67.5 cm³/mol. The van der Waals surface area contributed by atoms with E-state index in [9.17, 15) is 4.79 Å². The van der Waals surface area contributed by atoms with Crippen LogP contribution in [0.4, 0.5) is 0 Å². The number of carbonyl (C=O) groups is 1. The summed E-state index contributed by atoms with van der Waals surface area (Å²) >= 11 is 0. The molecule has 3 rings (SSSR count). The Morgan fingerprint density at radius 1 is 1.12 bits per heavy atom. The van der Waals surface area contributed by atoms with Crippen LogP contribution in [0, 0.1) is 5.92 Å². The first-order valence-corrected chi connectivity index (χ1v) is 6.68. The molecule has 1 N–H and O–H groups in total. The molecule has 2 aliphatic carbocycles. The maximum atomic E-state index is 12.2. The Kier molecular flexibility index (Phi) is 2.65. The van der Waals surface area contributed by atoms with Gasteiger partial charge in [0.15, 0.2) is 0 Å². The molecule has 2 fully saturated rings. The fourth-order valence-electron chi connectivity index (χ4n) is 2.89. The van der Waals surface area contributed by atoms with Crippen molar-refractivity contribution >= 4 is 5.91 Å². The van der Waals surface area contributed by atoms with Crippen LogP contribution in [0.15, 0.2) is 30.3 Å². The summed E-state index contributed by atoms with van der Waals surface area (Å²) in [5.41, 5.74) is 1.24. The van der Waals surface area contributed by atoms with Crippen LogP contribution in [0.25, 0.3) is 0 Å². The Labute approximate surface area is 102 Å². The molecule has 0 atom stereocenters. The molecule has 0 bridgehead atoms. The van der Waals surface area contributed by atoms with Gasteiger partial charge >= 0.3 is 0 Å². The summed E-state index contributed by atoms with van der Waals surface area (Å²) in [5.74, 6) is 0.556. The van der Waals surface area contributed by atoms with Crippen LogP contribution >= 0.6 is 0 Å². The summed E-state index contributed by atoms with van der Waals surface area (Å²) in [6.45, 7) is 0. The maximum absolute atomic E-state index is 12.2. The van der Waals surface area contributed by atoms with Gasteiger partial charge in [0.05, 0.1) is 5.54 Å². The third kappa shape index (κ3) is 2.08. The van der Waals surface area contributed by atoms with E-state index < -0.39 is 0 Å². The number of benzene rings is 1. The molecule has 2 aliphatic rings. The number of hydrogen-bond donors (Lipinski definition) is 1. The largest absolute Gasteiger partial charge is 0.346 e. The van der Waals surface area contributed by atoms with Crippen LogP contribution in [-0.4, -0.2) is 5.91 Å². The van der Waals surface area contributed by atoms with Crippen molar-refractivity contribution in [2.75, 3.05) is 0 Å². The molecule has 0 heterocycles. The van der Waals surface area contributed by atoms with Gasteiger partial charge in [-0.3, -0.25) is 4.79 Å². The van der Waals surface area contributed by atoms with Gasteiger partial charge in [-0.15, -0.1) is 0 Å². The highest BCUT2D eigenvalue weighted by atomic mass is 16.2. The second kappa shape index (κ2) is 4.17. The standard InChI is InChI=1S/C15H19NO/c17-14(12-6-4-5-7-12)16-15(10-11-15)13-8-2-1-3-9-13/h1-3,8-9,12H,4-7,10-11H2,(H,16,17). The van der Waals surface area contributed by atoms with Crippen LogP contribution < -0.4 is 5.32 Å². The molecule has 1 amide bonds. The lowest BCUT2D eigenvalue weighted by atomic mass is 10.0. The summed E-state index contributed by atoms with van der Waals surface area (Å²) in [5, 5.41) is 3.29. The van der Waals surface area contributed by atoms with Crippen molar-refractivity contribution in [1.82, 2.24) is 5.32 Å². The molecular weight excluding hydrogens is 210 g/mol. The van der Waals surface area contributed by atoms with Gasteiger partial charge in [0.2, 0.25) is 5.91 Å². The highest BCUT2D eigenvalue weighted by Gasteiger charge is 2.46. The summed E-state index contributed by atoms with van der Waals surface area (Å²) in [4.78, 5) is 12.2. The van der Waals surface area contributed by atoms with E-state index in [2.05, 4.69) is 29.6 Å². The summed E-state index contributed by atoms with van der Waals surface area (Å²) < 4.78 is 0. The van der Waals surface area contributed by atoms with E-state index in [0.717, 1.165) is 25.7 Å². The van der Waals surface area contributed by atoms with E-state index in [1.807, 2.05) is 6.07 Å². The Bertz CT molecular complexity index is 402. The SMILES string of the molecule is O=C(NC1(c2ccccc2)CC1)C1CCCC1. The third-order valence-corrected chi connectivity index (χ3v) is 4.16. The molecule has 1 aromatic rings. The zero-order valence-corrected chi connectivity index (χ0v) is 10.1. The van der Waals surface area contributed by atoms with Gasteiger partial charge in [-0.25, -0.2) is 0 Å². The van der Waals surface area contributed by atoms with Gasteiger partial charge in [-0.1, -0.05) is 43.2 Å². The number of carbonyl (C=O) groups excluding carboxylic acids is 1. The van der Waals surface area contributed by atoms with Gasteiger partial charge in [-0.05, 0) is 31.2 Å². The van der Waals surface area contributed by atoms with Crippen molar-refractivity contribution in [3.05, 3.63) is 35.9 Å². The molecule has 17 heavy (non-hydrogen) atoms. The zero-order chi connectivity index (χ0) is 11.7. The lowest BCUT2D eigenvalue weighted by molar-refractivity contribution is -0.125. The average molecular weight is 229 g/mol. The van der Waals surface area contributed by atoms with E-state index in [1.54, 1.807) is 0 Å². The molecule has 0 radical (unpaired) electrons. The predicted octanol–water partition coefficient (Wildman–Crippen LogP) is 2.98. The second-order valence-corrected chi connectivity index (χ2v) is 5.42. The Morgan fingerprint density at radius 3 is 2.35 bits per heavy atom. The number of hydrogen-bond acceptors (Lipinski definition) is 1. The molecule has 0 aliphatic heterocycles. The second-order valence-electron chi connectivity index (χ2n) is 5.42. The normalized spacial score (nSPS) is 22.4. The first-order valence-electron chi connectivity index (χ1n) is 6.68. The summed E-state index contributed by atoms with van der Waals surface area (Å²) in [7, 11) is 0. The Hall–Kier alpha value is -1.31. The Balaban J connectivity index is 1.70. The van der Waals surface area contributed by atoms with Crippen LogP contribution in [0.5, 0.6) is 0 Å². The molecule has 0 aromatic heterocycles. The molecule has 0 spiro atoms. The van der Waals surface area contributed by atoms with Crippen LogP contribution in [0.1, 0.15) is 44.1 Å². The van der Waals surface area contributed by atoms with E-state index in [1.165, 1.54) is 18.4 Å². The monoisotopic (exact) mass is 229 g/mol. The highest BCUT2D eigenvalue weighted by Crippen LogP contribution is 2.45. The van der Waals surface area contributed by atoms with Crippen molar-refractivity contribution in [2.24, 2.45) is 5.92 Å². The molecule has 2 saturated carbocycles. The van der Waals surface area contributed by atoms with Gasteiger partial charge in [0, 0.05) is 5.92 Å². The fourth-order valence-corrected chi connectivity index (χ4v) is 2.89. The van der Waals surface area contributed by atoms with Crippen molar-refractivity contribution in [2.45, 2.75) is 44.1 Å². The van der Waals surface area contributed by atoms with Gasteiger partial charge < -0.3 is 5.32 Å². The minimum absolute atomic E-state index is 0.0269. The lowest BCUT2D eigenvalue weighted by Crippen LogP contribution is -2.38. The number of nitrogens with one attached hydrogen (secondary N) is 1. The summed E-state index contributed by atoms with van der Waals surface area (Å²) in [6.07, 6.45) is 6.78. The first kappa shape index (κ1) is 10.8. The topological polar surface area (TPSA) is 29.1 Å². The van der Waals surface area contributed by atoms with Crippen LogP contribution in [0.2, 0.25) is 0 Å². The number of amides is 1. The minimum Gasteiger partial charge on any atom is -0.346 e. The zero-order valence-electron chi connectivity index (χ0n) is 10.1. The molecule has 1 aromatic carbocycles. The van der Waals surface area contributed by atoms with Gasteiger partial charge in [0.25, 0.3) is 0 Å². The molecule has 2 heteroatoms. The van der Waals surface area contributed by atoms with Gasteiger partial charge in [0.1, 0.15) is 0 Å². The average Bonchev–Trinajstić information content (AvgIpc) is 2.94. The molecule has 90 valence electrons. The van der Waals surface area contributed by atoms with Crippen LogP contribution in [-0.2, 0) is 10.3 Å².